The lowest BCUT2D eigenvalue weighted by atomic mass is 9.59. The van der Waals surface area contributed by atoms with Gasteiger partial charge in [0.25, 0.3) is 0 Å². The molecule has 0 unspecified atom stereocenters. The Kier molecular flexibility index (Phi) is 6.36. The van der Waals surface area contributed by atoms with Gasteiger partial charge in [-0.15, -0.1) is 0 Å². The van der Waals surface area contributed by atoms with Crippen molar-refractivity contribution in [1.29, 1.82) is 0 Å². The number of hydrogen-bond donors (Lipinski definition) is 3. The first kappa shape index (κ1) is 24.5. The topological polar surface area (TPSA) is 87.7 Å². The molecule has 5 rings (SSSR count). The lowest BCUT2D eigenvalue weighted by Gasteiger charge is -2.46. The molecule has 1 fully saturated rings. The molecule has 2 aliphatic heterocycles. The van der Waals surface area contributed by atoms with Crippen molar-refractivity contribution in [3.8, 4) is 5.75 Å². The van der Waals surface area contributed by atoms with E-state index in [0.29, 0.717) is 26.9 Å². The number of hydrogen-bond acceptors (Lipinski definition) is 4. The van der Waals surface area contributed by atoms with Gasteiger partial charge in [0.2, 0.25) is 11.8 Å². The van der Waals surface area contributed by atoms with Gasteiger partial charge in [0.05, 0.1) is 18.2 Å². The molecule has 0 bridgehead atoms. The van der Waals surface area contributed by atoms with Crippen LogP contribution in [0.3, 0.4) is 0 Å². The molecule has 10 heteroatoms. The maximum absolute atomic E-state index is 15.6. The molecule has 6 nitrogen and oxygen atoms in total. The molecule has 1 saturated heterocycles. The van der Waals surface area contributed by atoms with Crippen molar-refractivity contribution in [2.75, 3.05) is 18.5 Å². The number of aliphatic hydroxyl groups is 1. The van der Waals surface area contributed by atoms with E-state index in [9.17, 15) is 19.1 Å². The van der Waals surface area contributed by atoms with E-state index in [4.69, 9.17) is 27.9 Å². The number of carbonyl (C=O) groups excluding carboxylic acids is 2. The van der Waals surface area contributed by atoms with Crippen molar-refractivity contribution in [3.63, 3.8) is 0 Å². The lowest BCUT2D eigenvalue weighted by molar-refractivity contribution is -0.131. The minimum absolute atomic E-state index is 0.102. The summed E-state index contributed by atoms with van der Waals surface area (Å²) in [4.78, 5) is 27.0. The SMILES string of the molecule is O=C1C[C@@H](c2cccc(Cl)c2)[C@]2(C(=O)Nc3cc(Cl)ccc32)[C@H](c2c(OCCO)ccc(F)c2F)N1. The molecule has 0 radical (unpaired) electrons. The van der Waals surface area contributed by atoms with Gasteiger partial charge in [-0.05, 0) is 47.5 Å². The first-order valence-electron chi connectivity index (χ1n) is 11.1. The van der Waals surface area contributed by atoms with E-state index in [1.54, 1.807) is 42.5 Å². The van der Waals surface area contributed by atoms with E-state index in [1.807, 2.05) is 0 Å². The Morgan fingerprint density at radius 1 is 1.06 bits per heavy atom. The van der Waals surface area contributed by atoms with Crippen LogP contribution >= 0.6 is 23.2 Å². The highest BCUT2D eigenvalue weighted by Gasteiger charge is 2.62. The summed E-state index contributed by atoms with van der Waals surface area (Å²) in [5.74, 6) is -4.34. The summed E-state index contributed by atoms with van der Waals surface area (Å²) in [5.41, 5.74) is -0.500. The average Bonchev–Trinajstić information content (AvgIpc) is 3.12. The van der Waals surface area contributed by atoms with Crippen LogP contribution in [0.25, 0.3) is 0 Å². The molecule has 186 valence electrons. The zero-order valence-electron chi connectivity index (χ0n) is 18.7. The first-order chi connectivity index (χ1) is 17.3. The third-order valence-electron chi connectivity index (χ3n) is 6.73. The van der Waals surface area contributed by atoms with Gasteiger partial charge in [0.15, 0.2) is 11.6 Å². The Morgan fingerprint density at radius 3 is 2.58 bits per heavy atom. The fourth-order valence-electron chi connectivity index (χ4n) is 5.35. The summed E-state index contributed by atoms with van der Waals surface area (Å²) in [6, 6.07) is 12.3. The highest BCUT2D eigenvalue weighted by Crippen LogP contribution is 2.58. The van der Waals surface area contributed by atoms with E-state index in [1.165, 1.54) is 6.07 Å². The van der Waals surface area contributed by atoms with Crippen LogP contribution in [0.15, 0.2) is 54.6 Å². The van der Waals surface area contributed by atoms with E-state index in [2.05, 4.69) is 10.6 Å². The van der Waals surface area contributed by atoms with Crippen molar-refractivity contribution in [2.45, 2.75) is 23.8 Å². The van der Waals surface area contributed by atoms with Gasteiger partial charge in [-0.3, -0.25) is 9.59 Å². The number of ether oxygens (including phenoxy) is 1. The number of halogens is 4. The predicted octanol–water partition coefficient (Wildman–Crippen LogP) is 4.88. The van der Waals surface area contributed by atoms with Crippen LogP contribution in [0, 0.1) is 11.6 Å². The highest BCUT2D eigenvalue weighted by molar-refractivity contribution is 6.31. The molecular weight excluding hydrogens is 513 g/mol. The molecule has 3 aromatic rings. The van der Waals surface area contributed by atoms with Gasteiger partial charge in [0, 0.05) is 28.1 Å². The lowest BCUT2D eigenvalue weighted by Crippen LogP contribution is -2.57. The van der Waals surface area contributed by atoms with Crippen LogP contribution in [0.2, 0.25) is 10.0 Å². The van der Waals surface area contributed by atoms with Crippen LogP contribution in [-0.2, 0) is 15.0 Å². The van der Waals surface area contributed by atoms with Gasteiger partial charge in [0.1, 0.15) is 17.8 Å². The number of piperidine rings is 1. The number of aliphatic hydroxyl groups excluding tert-OH is 1. The van der Waals surface area contributed by atoms with Gasteiger partial charge in [-0.2, -0.15) is 0 Å². The molecule has 2 amide bonds. The van der Waals surface area contributed by atoms with Gasteiger partial charge in [-0.1, -0.05) is 41.4 Å². The van der Waals surface area contributed by atoms with Crippen LogP contribution in [0.1, 0.15) is 35.1 Å². The summed E-state index contributed by atoms with van der Waals surface area (Å²) in [6.45, 7) is -0.588. The minimum Gasteiger partial charge on any atom is -0.491 e. The fourth-order valence-corrected chi connectivity index (χ4v) is 5.72. The third kappa shape index (κ3) is 3.80. The number of fused-ring (bicyclic) bond motifs is 2. The number of benzene rings is 3. The number of rotatable bonds is 5. The summed E-state index contributed by atoms with van der Waals surface area (Å²) < 4.78 is 35.7. The van der Waals surface area contributed by atoms with Crippen molar-refractivity contribution in [3.05, 3.63) is 93.0 Å². The predicted molar refractivity (Wildman–Crippen MR) is 130 cm³/mol. The van der Waals surface area contributed by atoms with Crippen molar-refractivity contribution in [1.82, 2.24) is 5.32 Å². The Balaban J connectivity index is 1.83. The van der Waals surface area contributed by atoms with Gasteiger partial charge >= 0.3 is 0 Å². The maximum Gasteiger partial charge on any atom is 0.238 e. The van der Waals surface area contributed by atoms with Crippen molar-refractivity contribution >= 4 is 40.7 Å². The molecule has 36 heavy (non-hydrogen) atoms. The average molecular weight is 533 g/mol. The summed E-state index contributed by atoms with van der Waals surface area (Å²) in [6.07, 6.45) is -0.115. The molecule has 3 atom stereocenters. The smallest absolute Gasteiger partial charge is 0.238 e. The number of amides is 2. The standard InChI is InChI=1S/C26H20Cl2F2N2O4/c27-14-3-1-2-13(10-14)17-12-21(34)32-24(22-20(36-9-8-33)7-6-18(29)23(22)30)26(17)16-5-4-15(28)11-19(16)31-25(26)35/h1-7,10-11,17,24,33H,8-9,12H2,(H,31,35)(H,32,34)/t17-,24-,26-/m0/s1. The Morgan fingerprint density at radius 2 is 1.83 bits per heavy atom. The fraction of sp³-hybridized carbons (Fsp3) is 0.231. The highest BCUT2D eigenvalue weighted by atomic mass is 35.5. The zero-order valence-corrected chi connectivity index (χ0v) is 20.2. The number of nitrogens with one attached hydrogen (secondary N) is 2. The largest absolute Gasteiger partial charge is 0.491 e. The second-order valence-corrected chi connectivity index (χ2v) is 9.54. The minimum atomic E-state index is -1.61. The third-order valence-corrected chi connectivity index (χ3v) is 7.20. The van der Waals surface area contributed by atoms with E-state index in [0.717, 1.165) is 6.07 Å². The van der Waals surface area contributed by atoms with Crippen LogP contribution in [-0.4, -0.2) is 30.1 Å². The van der Waals surface area contributed by atoms with Crippen molar-refractivity contribution in [2.24, 2.45) is 0 Å². The van der Waals surface area contributed by atoms with E-state index in [-0.39, 0.29) is 30.9 Å². The number of carbonyl (C=O) groups is 2. The van der Waals surface area contributed by atoms with E-state index < -0.39 is 40.8 Å². The zero-order chi connectivity index (χ0) is 25.6. The van der Waals surface area contributed by atoms with Gasteiger partial charge in [-0.25, -0.2) is 8.78 Å². The molecule has 2 aliphatic rings. The molecule has 0 saturated carbocycles. The van der Waals surface area contributed by atoms with Crippen LogP contribution in [0.5, 0.6) is 5.75 Å². The Hall–Kier alpha value is -3.20. The summed E-state index contributed by atoms with van der Waals surface area (Å²) >= 11 is 12.4. The molecule has 3 aromatic carbocycles. The molecule has 2 heterocycles. The van der Waals surface area contributed by atoms with E-state index >= 15 is 4.39 Å². The van der Waals surface area contributed by atoms with Crippen LogP contribution in [0.4, 0.5) is 14.5 Å². The molecular formula is C26H20Cl2F2N2O4. The van der Waals surface area contributed by atoms with Crippen molar-refractivity contribution < 1.29 is 28.2 Å². The first-order valence-corrected chi connectivity index (χ1v) is 11.9. The Labute approximate surface area is 215 Å². The quantitative estimate of drug-likeness (QED) is 0.437. The van der Waals surface area contributed by atoms with Gasteiger partial charge < -0.3 is 20.5 Å². The van der Waals surface area contributed by atoms with Crippen LogP contribution < -0.4 is 15.4 Å². The molecule has 1 spiro atoms. The molecule has 0 aliphatic carbocycles. The second kappa shape index (κ2) is 9.35. The number of anilines is 1. The monoisotopic (exact) mass is 532 g/mol. The second-order valence-electron chi connectivity index (χ2n) is 8.67. The summed E-state index contributed by atoms with van der Waals surface area (Å²) in [5, 5.41) is 15.6. The normalized spacial score (nSPS) is 22.8. The Bertz CT molecular complexity index is 1390. The maximum atomic E-state index is 15.6. The summed E-state index contributed by atoms with van der Waals surface area (Å²) in [7, 11) is 0. The molecule has 3 N–H and O–H groups in total. The molecule has 0 aromatic heterocycles.